The molecule has 0 bridgehead atoms. The minimum absolute atomic E-state index is 0.352. The number of halogens is 3. The second-order valence-corrected chi connectivity index (χ2v) is 9.19. The molecular weight excluding hydrogens is 485 g/mol. The minimum Gasteiger partial charge on any atom is -0.480 e. The average molecular weight is 509 g/mol. The Kier molecular flexibility index (Phi) is 5.46. The summed E-state index contributed by atoms with van der Waals surface area (Å²) in [5.74, 6) is 1.27. The van der Waals surface area contributed by atoms with Gasteiger partial charge in [-0.15, -0.1) is 0 Å². The van der Waals surface area contributed by atoms with Crippen LogP contribution in [0.2, 0.25) is 0 Å². The van der Waals surface area contributed by atoms with Crippen LogP contribution < -0.4 is 10.1 Å². The fraction of sp³-hybridized carbons (Fsp3) is 0.320. The predicted molar refractivity (Wildman–Crippen MR) is 128 cm³/mol. The van der Waals surface area contributed by atoms with E-state index < -0.39 is 18.0 Å². The number of ether oxygens (including phenoxy) is 1. The maximum atomic E-state index is 13.1. The molecule has 37 heavy (non-hydrogen) atoms. The lowest BCUT2D eigenvalue weighted by molar-refractivity contribution is -0.0963. The van der Waals surface area contributed by atoms with E-state index in [2.05, 4.69) is 25.4 Å². The summed E-state index contributed by atoms with van der Waals surface area (Å²) in [4.78, 5) is 19.6. The number of benzene rings is 1. The Morgan fingerprint density at radius 2 is 1.86 bits per heavy atom. The van der Waals surface area contributed by atoms with E-state index in [1.54, 1.807) is 31.2 Å². The third-order valence-corrected chi connectivity index (χ3v) is 6.56. The van der Waals surface area contributed by atoms with Gasteiger partial charge in [0.15, 0.2) is 11.5 Å². The van der Waals surface area contributed by atoms with E-state index >= 15 is 0 Å². The highest BCUT2D eigenvalue weighted by molar-refractivity contribution is 5.77. The normalized spacial score (nSPS) is 17.7. The number of nitrogens with zero attached hydrogens (tertiary/aromatic N) is 7. The van der Waals surface area contributed by atoms with Crippen molar-refractivity contribution < 1.29 is 17.9 Å². The summed E-state index contributed by atoms with van der Waals surface area (Å²) in [7, 11) is 3.17. The van der Waals surface area contributed by atoms with Crippen molar-refractivity contribution in [2.45, 2.75) is 37.6 Å². The first kappa shape index (κ1) is 23.2. The molecule has 0 spiro atoms. The highest BCUT2D eigenvalue weighted by atomic mass is 19.4. The minimum atomic E-state index is -4.42. The molecule has 1 atom stereocenters. The quantitative estimate of drug-likeness (QED) is 0.415. The van der Waals surface area contributed by atoms with Crippen LogP contribution in [-0.4, -0.2) is 55.0 Å². The fourth-order valence-corrected chi connectivity index (χ4v) is 4.53. The Labute approximate surface area is 210 Å². The van der Waals surface area contributed by atoms with Crippen LogP contribution in [-0.2, 0) is 6.54 Å². The van der Waals surface area contributed by atoms with Gasteiger partial charge in [0.1, 0.15) is 23.8 Å². The third kappa shape index (κ3) is 4.32. The van der Waals surface area contributed by atoms with Crippen LogP contribution in [0.4, 0.5) is 13.2 Å². The number of hydrogen-bond acceptors (Lipinski definition) is 8. The van der Waals surface area contributed by atoms with Crippen molar-refractivity contribution in [2.24, 2.45) is 0 Å². The van der Waals surface area contributed by atoms with E-state index in [1.807, 2.05) is 24.3 Å². The summed E-state index contributed by atoms with van der Waals surface area (Å²) in [5.41, 5.74) is 3.14. The largest absolute Gasteiger partial charge is 0.480 e. The van der Waals surface area contributed by atoms with Crippen LogP contribution in [0.3, 0.4) is 0 Å². The van der Waals surface area contributed by atoms with Gasteiger partial charge in [-0.2, -0.15) is 18.3 Å². The van der Waals surface area contributed by atoms with Gasteiger partial charge >= 0.3 is 6.18 Å². The molecule has 12 heteroatoms. The van der Waals surface area contributed by atoms with Gasteiger partial charge in [0, 0.05) is 25.4 Å². The van der Waals surface area contributed by atoms with E-state index in [0.29, 0.717) is 35.4 Å². The first-order valence-corrected chi connectivity index (χ1v) is 11.8. The molecule has 0 saturated heterocycles. The zero-order valence-corrected chi connectivity index (χ0v) is 20.1. The predicted octanol–water partition coefficient (Wildman–Crippen LogP) is 4.15. The standard InChI is InChI=1S/C25H23F3N8O/c1-35-12-18(25(26,27)28)33-22(35)16-5-3-14(4-6-16)11-36-23-17(10-32-36)9-29-21(34-23)19-20(15-7-8-15)30-13-31-24(19)37-2/h3-6,9-10,12-13,15,22,33H,7-8,11H2,1-2H3. The lowest BCUT2D eigenvalue weighted by atomic mass is 10.1. The molecule has 4 heterocycles. The molecule has 0 amide bonds. The van der Waals surface area contributed by atoms with Crippen molar-refractivity contribution in [3.05, 3.63) is 71.7 Å². The summed E-state index contributed by atoms with van der Waals surface area (Å²) in [6, 6.07) is 7.39. The first-order valence-electron chi connectivity index (χ1n) is 11.8. The molecule has 190 valence electrons. The molecule has 1 aliphatic carbocycles. The highest BCUT2D eigenvalue weighted by Crippen LogP contribution is 2.44. The van der Waals surface area contributed by atoms with Gasteiger partial charge in [0.2, 0.25) is 5.88 Å². The molecule has 6 rings (SSSR count). The Balaban J connectivity index is 1.27. The monoisotopic (exact) mass is 508 g/mol. The van der Waals surface area contributed by atoms with Gasteiger partial charge in [0.25, 0.3) is 0 Å². The summed E-state index contributed by atoms with van der Waals surface area (Å²) >= 11 is 0. The van der Waals surface area contributed by atoms with Gasteiger partial charge in [-0.05, 0) is 24.0 Å². The van der Waals surface area contributed by atoms with Crippen LogP contribution in [0.1, 0.15) is 41.7 Å². The number of fused-ring (bicyclic) bond motifs is 1. The summed E-state index contributed by atoms with van der Waals surface area (Å²) in [6.45, 7) is 0.429. The topological polar surface area (TPSA) is 93.9 Å². The smallest absolute Gasteiger partial charge is 0.432 e. The van der Waals surface area contributed by atoms with E-state index in [9.17, 15) is 13.2 Å². The molecule has 3 aromatic heterocycles. The summed E-state index contributed by atoms with van der Waals surface area (Å²) in [6.07, 6.45) is 3.12. The molecule has 1 N–H and O–H groups in total. The Morgan fingerprint density at radius 3 is 2.54 bits per heavy atom. The second kappa shape index (κ2) is 8.71. The molecule has 0 radical (unpaired) electrons. The summed E-state index contributed by atoms with van der Waals surface area (Å²) < 4.78 is 46.5. The number of aromatic nitrogens is 6. The number of nitrogens with one attached hydrogen (secondary N) is 1. The lowest BCUT2D eigenvalue weighted by Gasteiger charge is -2.22. The molecule has 1 saturated carbocycles. The maximum absolute atomic E-state index is 13.1. The molecule has 2 aliphatic rings. The fourth-order valence-electron chi connectivity index (χ4n) is 4.53. The zero-order valence-electron chi connectivity index (χ0n) is 20.1. The Morgan fingerprint density at radius 1 is 1.08 bits per heavy atom. The van der Waals surface area contributed by atoms with Crippen molar-refractivity contribution in [2.75, 3.05) is 14.2 Å². The molecule has 1 fully saturated rings. The Bertz CT molecular complexity index is 1490. The van der Waals surface area contributed by atoms with Crippen LogP contribution >= 0.6 is 0 Å². The van der Waals surface area contributed by atoms with Gasteiger partial charge in [-0.25, -0.2) is 24.6 Å². The van der Waals surface area contributed by atoms with E-state index in [0.717, 1.165) is 41.2 Å². The van der Waals surface area contributed by atoms with Gasteiger partial charge in [0.05, 0.1) is 30.9 Å². The average Bonchev–Trinajstić information content (AvgIpc) is 3.55. The number of allylic oxidation sites excluding steroid dienone is 1. The van der Waals surface area contributed by atoms with Crippen molar-refractivity contribution >= 4 is 11.0 Å². The van der Waals surface area contributed by atoms with Gasteiger partial charge in [-0.1, -0.05) is 24.3 Å². The van der Waals surface area contributed by atoms with E-state index in [4.69, 9.17) is 9.72 Å². The van der Waals surface area contributed by atoms with Crippen molar-refractivity contribution in [1.82, 2.24) is 39.9 Å². The number of methoxy groups -OCH3 is 1. The SMILES string of the molecule is COc1ncnc(C2CC2)c1-c1ncc2cnn(Cc3ccc(C4NC(C(F)(F)F)=CN4C)cc3)c2n1. The molecule has 4 aromatic rings. The van der Waals surface area contributed by atoms with E-state index in [-0.39, 0.29) is 0 Å². The van der Waals surface area contributed by atoms with Gasteiger partial charge in [-0.3, -0.25) is 0 Å². The molecule has 9 nitrogen and oxygen atoms in total. The van der Waals surface area contributed by atoms with E-state index in [1.165, 1.54) is 11.2 Å². The van der Waals surface area contributed by atoms with Crippen LogP contribution in [0.25, 0.3) is 22.4 Å². The number of rotatable bonds is 6. The summed E-state index contributed by atoms with van der Waals surface area (Å²) in [5, 5.41) is 7.81. The maximum Gasteiger partial charge on any atom is 0.432 e. The highest BCUT2D eigenvalue weighted by Gasteiger charge is 2.40. The van der Waals surface area contributed by atoms with Crippen LogP contribution in [0, 0.1) is 0 Å². The van der Waals surface area contributed by atoms with Gasteiger partial charge < -0.3 is 15.0 Å². The molecular formula is C25H23F3N8O. The molecule has 1 aliphatic heterocycles. The number of alkyl halides is 3. The number of hydrogen-bond donors (Lipinski definition) is 1. The van der Waals surface area contributed by atoms with Crippen LogP contribution in [0.5, 0.6) is 5.88 Å². The zero-order chi connectivity index (χ0) is 25.7. The van der Waals surface area contributed by atoms with Crippen molar-refractivity contribution in [3.63, 3.8) is 0 Å². The van der Waals surface area contributed by atoms with Crippen LogP contribution in [0.15, 0.2) is 54.9 Å². The molecule has 1 aromatic carbocycles. The second-order valence-electron chi connectivity index (χ2n) is 9.19. The molecule has 1 unspecified atom stereocenters. The lowest BCUT2D eigenvalue weighted by Crippen LogP contribution is -2.28. The van der Waals surface area contributed by atoms with Crippen molar-refractivity contribution in [3.8, 4) is 17.3 Å². The van der Waals surface area contributed by atoms with Crippen molar-refractivity contribution in [1.29, 1.82) is 0 Å². The Hall–Kier alpha value is -4.22. The first-order chi connectivity index (χ1) is 17.8. The third-order valence-electron chi connectivity index (χ3n) is 6.56.